The third-order valence-corrected chi connectivity index (χ3v) is 3.35. The lowest BCUT2D eigenvalue weighted by molar-refractivity contribution is 0.568. The number of rotatable bonds is 3. The molecule has 0 aliphatic carbocycles. The Balaban J connectivity index is 2.36. The lowest BCUT2D eigenvalue weighted by atomic mass is 10.2. The van der Waals surface area contributed by atoms with Gasteiger partial charge in [0.2, 0.25) is 0 Å². The summed E-state index contributed by atoms with van der Waals surface area (Å²) in [5, 5.41) is 0. The van der Waals surface area contributed by atoms with Crippen LogP contribution in [0.15, 0.2) is 36.4 Å². The average Bonchev–Trinajstić information content (AvgIpc) is 2.77. The van der Waals surface area contributed by atoms with Crippen molar-refractivity contribution < 1.29 is 13.2 Å². The average molecular weight is 311 g/mol. The Morgan fingerprint density at radius 1 is 1.05 bits per heavy atom. The van der Waals surface area contributed by atoms with Crippen molar-refractivity contribution in [2.75, 3.05) is 5.88 Å². The van der Waals surface area contributed by atoms with E-state index in [1.807, 2.05) is 0 Å². The third kappa shape index (κ3) is 2.38. The van der Waals surface area contributed by atoms with E-state index in [9.17, 15) is 13.2 Å². The molecule has 0 aliphatic heterocycles. The van der Waals surface area contributed by atoms with Crippen molar-refractivity contribution >= 4 is 22.6 Å². The number of para-hydroxylation sites is 1. The molecule has 0 unspecified atom stereocenters. The third-order valence-electron chi connectivity index (χ3n) is 3.17. The zero-order valence-corrected chi connectivity index (χ0v) is 11.5. The number of nitrogens with zero attached hydrogens (tertiary/aromatic N) is 2. The molecule has 2 nitrogen and oxygen atoms in total. The first kappa shape index (κ1) is 13.9. The molecule has 0 atom stereocenters. The summed E-state index contributed by atoms with van der Waals surface area (Å²) in [6.45, 7) is 0. The second-order valence-corrected chi connectivity index (χ2v) is 4.88. The highest BCUT2D eigenvalue weighted by molar-refractivity contribution is 6.17. The summed E-state index contributed by atoms with van der Waals surface area (Å²) in [6.07, 6.45) is 0.311. The van der Waals surface area contributed by atoms with E-state index in [1.54, 1.807) is 0 Å². The van der Waals surface area contributed by atoms with Crippen LogP contribution in [0.2, 0.25) is 0 Å². The minimum Gasteiger partial charge on any atom is -0.291 e. The van der Waals surface area contributed by atoms with Gasteiger partial charge in [-0.3, -0.25) is 4.57 Å². The molecular formula is C15H10ClF3N2. The fraction of sp³-hybridized carbons (Fsp3) is 0.133. The molecular weight excluding hydrogens is 301 g/mol. The van der Waals surface area contributed by atoms with Gasteiger partial charge in [0.25, 0.3) is 0 Å². The Morgan fingerprint density at radius 3 is 2.43 bits per heavy atom. The van der Waals surface area contributed by atoms with Gasteiger partial charge < -0.3 is 0 Å². The number of fused-ring (bicyclic) bond motifs is 1. The molecule has 0 fully saturated rings. The van der Waals surface area contributed by atoms with Crippen LogP contribution in [0.5, 0.6) is 0 Å². The molecule has 1 aromatic heterocycles. The highest BCUT2D eigenvalue weighted by Crippen LogP contribution is 2.26. The summed E-state index contributed by atoms with van der Waals surface area (Å²) in [5.74, 6) is -1.26. The number of hydrogen-bond donors (Lipinski definition) is 0. The van der Waals surface area contributed by atoms with Crippen molar-refractivity contribution in [3.8, 4) is 5.69 Å². The van der Waals surface area contributed by atoms with E-state index in [0.717, 1.165) is 12.1 Å². The summed E-state index contributed by atoms with van der Waals surface area (Å²) in [6, 6.07) is 7.51. The molecule has 0 saturated heterocycles. The number of halogens is 4. The number of hydrogen-bond acceptors (Lipinski definition) is 1. The van der Waals surface area contributed by atoms with Gasteiger partial charge in [-0.2, -0.15) is 0 Å². The molecule has 6 heteroatoms. The first-order valence-electron chi connectivity index (χ1n) is 6.29. The number of aromatic nitrogens is 2. The maximum atomic E-state index is 14.0. The van der Waals surface area contributed by atoms with Gasteiger partial charge in [0.1, 0.15) is 29.0 Å². The lowest BCUT2D eigenvalue weighted by Crippen LogP contribution is -2.06. The first-order chi connectivity index (χ1) is 10.1. The van der Waals surface area contributed by atoms with Gasteiger partial charge in [-0.15, -0.1) is 11.6 Å². The Labute approximate surface area is 123 Å². The number of benzene rings is 2. The van der Waals surface area contributed by atoms with Gasteiger partial charge in [-0.1, -0.05) is 6.07 Å². The number of alkyl halides is 1. The van der Waals surface area contributed by atoms with Crippen LogP contribution in [-0.4, -0.2) is 15.4 Å². The van der Waals surface area contributed by atoms with E-state index in [-0.39, 0.29) is 11.6 Å². The molecule has 108 valence electrons. The van der Waals surface area contributed by atoms with Gasteiger partial charge in [-0.25, -0.2) is 18.2 Å². The Morgan fingerprint density at radius 2 is 1.76 bits per heavy atom. The zero-order valence-electron chi connectivity index (χ0n) is 10.8. The highest BCUT2D eigenvalue weighted by Gasteiger charge is 2.18. The number of imidazole rings is 1. The smallest absolute Gasteiger partial charge is 0.150 e. The molecule has 21 heavy (non-hydrogen) atoms. The molecule has 0 spiro atoms. The fourth-order valence-electron chi connectivity index (χ4n) is 2.31. The lowest BCUT2D eigenvalue weighted by Gasteiger charge is -2.10. The summed E-state index contributed by atoms with van der Waals surface area (Å²) < 4.78 is 42.7. The van der Waals surface area contributed by atoms with Crippen molar-refractivity contribution in [3.05, 3.63) is 59.7 Å². The predicted octanol–water partition coefficient (Wildman–Crippen LogP) is 4.22. The van der Waals surface area contributed by atoms with E-state index >= 15 is 0 Å². The molecule has 1 heterocycles. The monoisotopic (exact) mass is 310 g/mol. The van der Waals surface area contributed by atoms with Crippen LogP contribution in [0.1, 0.15) is 5.82 Å². The van der Waals surface area contributed by atoms with Crippen LogP contribution in [0.25, 0.3) is 16.7 Å². The van der Waals surface area contributed by atoms with Gasteiger partial charge >= 0.3 is 0 Å². The molecule has 0 aliphatic rings. The summed E-state index contributed by atoms with van der Waals surface area (Å²) >= 11 is 5.72. The molecule has 2 aromatic carbocycles. The van der Waals surface area contributed by atoms with Crippen molar-refractivity contribution in [1.82, 2.24) is 9.55 Å². The van der Waals surface area contributed by atoms with E-state index in [0.29, 0.717) is 23.3 Å². The molecule has 0 bridgehead atoms. The molecule has 0 amide bonds. The standard InChI is InChI=1S/C15H10ClF3N2/c16-7-6-14-20-12-8-9(17)4-5-13(12)21(14)15-10(18)2-1-3-11(15)19/h1-5,8H,6-7H2. The van der Waals surface area contributed by atoms with Crippen molar-refractivity contribution in [2.24, 2.45) is 0 Å². The normalized spacial score (nSPS) is 11.2. The molecule has 0 saturated carbocycles. The Bertz CT molecular complexity index is 794. The Kier molecular flexibility index (Phi) is 3.59. The summed E-state index contributed by atoms with van der Waals surface area (Å²) in [5.41, 5.74) is 0.532. The topological polar surface area (TPSA) is 17.8 Å². The fourth-order valence-corrected chi connectivity index (χ4v) is 2.48. The first-order valence-corrected chi connectivity index (χ1v) is 6.82. The van der Waals surface area contributed by atoms with Crippen LogP contribution in [0.3, 0.4) is 0 Å². The SMILES string of the molecule is Fc1ccc2c(c1)nc(CCCl)n2-c1c(F)cccc1F. The van der Waals surface area contributed by atoms with E-state index < -0.39 is 17.5 Å². The molecule has 3 aromatic rings. The number of aryl methyl sites for hydroxylation is 1. The van der Waals surface area contributed by atoms with E-state index in [4.69, 9.17) is 11.6 Å². The van der Waals surface area contributed by atoms with Crippen LogP contribution in [0.4, 0.5) is 13.2 Å². The maximum absolute atomic E-state index is 14.0. The Hall–Kier alpha value is -2.01. The largest absolute Gasteiger partial charge is 0.291 e. The quantitative estimate of drug-likeness (QED) is 0.662. The maximum Gasteiger partial charge on any atom is 0.150 e. The van der Waals surface area contributed by atoms with Crippen LogP contribution >= 0.6 is 11.6 Å². The van der Waals surface area contributed by atoms with Gasteiger partial charge in [-0.05, 0) is 24.3 Å². The minimum atomic E-state index is -0.713. The van der Waals surface area contributed by atoms with E-state index in [2.05, 4.69) is 4.98 Å². The molecule has 0 N–H and O–H groups in total. The minimum absolute atomic E-state index is 0.230. The zero-order chi connectivity index (χ0) is 15.0. The highest BCUT2D eigenvalue weighted by atomic mass is 35.5. The van der Waals surface area contributed by atoms with Crippen molar-refractivity contribution in [2.45, 2.75) is 6.42 Å². The van der Waals surface area contributed by atoms with Gasteiger partial charge in [0, 0.05) is 18.4 Å². The van der Waals surface area contributed by atoms with Crippen molar-refractivity contribution in [3.63, 3.8) is 0 Å². The molecule has 0 radical (unpaired) electrons. The predicted molar refractivity (Wildman–Crippen MR) is 75.4 cm³/mol. The van der Waals surface area contributed by atoms with Crippen LogP contribution in [-0.2, 0) is 6.42 Å². The van der Waals surface area contributed by atoms with Gasteiger partial charge in [0.05, 0.1) is 11.0 Å². The van der Waals surface area contributed by atoms with Crippen molar-refractivity contribution in [1.29, 1.82) is 0 Å². The molecule has 3 rings (SSSR count). The second-order valence-electron chi connectivity index (χ2n) is 4.51. The summed E-state index contributed by atoms with van der Waals surface area (Å²) in [4.78, 5) is 4.23. The van der Waals surface area contributed by atoms with Crippen LogP contribution in [0, 0.1) is 17.5 Å². The summed E-state index contributed by atoms with van der Waals surface area (Å²) in [7, 11) is 0. The van der Waals surface area contributed by atoms with E-state index in [1.165, 1.54) is 28.8 Å². The second kappa shape index (κ2) is 5.41. The van der Waals surface area contributed by atoms with Crippen LogP contribution < -0.4 is 0 Å². The van der Waals surface area contributed by atoms with Gasteiger partial charge in [0.15, 0.2) is 0 Å².